The van der Waals surface area contributed by atoms with Gasteiger partial charge in [-0.05, 0) is 32.2 Å². The third-order valence-corrected chi connectivity index (χ3v) is 4.46. The average molecular weight is 371 g/mol. The fourth-order valence-electron chi connectivity index (χ4n) is 2.81. The normalized spacial score (nSPS) is 16.6. The van der Waals surface area contributed by atoms with Crippen molar-refractivity contribution < 1.29 is 19.2 Å². The molecule has 1 aliphatic heterocycles. The van der Waals surface area contributed by atoms with Crippen molar-refractivity contribution in [3.63, 3.8) is 0 Å². The van der Waals surface area contributed by atoms with E-state index < -0.39 is 11.0 Å². The molecule has 0 saturated carbocycles. The monoisotopic (exact) mass is 371 g/mol. The number of amides is 1. The van der Waals surface area contributed by atoms with E-state index in [9.17, 15) is 14.9 Å². The number of carbonyl (C=O) groups is 1. The molecule has 8 nitrogen and oxygen atoms in total. The fourth-order valence-corrected chi connectivity index (χ4v) is 2.81. The largest absolute Gasteiger partial charge is 0.486 e. The van der Waals surface area contributed by atoms with E-state index in [0.717, 1.165) is 0 Å². The lowest BCUT2D eigenvalue weighted by molar-refractivity contribution is -0.383. The topological polar surface area (TPSA) is 93.9 Å². The van der Waals surface area contributed by atoms with Crippen molar-refractivity contribution in [3.8, 4) is 11.5 Å². The maximum Gasteiger partial charge on any atom is 0.292 e. The zero-order valence-electron chi connectivity index (χ0n) is 15.1. The van der Waals surface area contributed by atoms with Crippen molar-refractivity contribution in [2.75, 3.05) is 25.5 Å². The lowest BCUT2D eigenvalue weighted by Gasteiger charge is -2.31. The summed E-state index contributed by atoms with van der Waals surface area (Å²) in [4.78, 5) is 24.9. The number of nitrogens with zero attached hydrogens (tertiary/aromatic N) is 2. The molecule has 1 aliphatic rings. The summed E-state index contributed by atoms with van der Waals surface area (Å²) in [5, 5.41) is 13.7. The number of nitro benzene ring substituents is 1. The van der Waals surface area contributed by atoms with E-state index in [1.165, 1.54) is 12.1 Å². The van der Waals surface area contributed by atoms with Gasteiger partial charge in [-0.25, -0.2) is 0 Å². The minimum Gasteiger partial charge on any atom is -0.486 e. The Morgan fingerprint density at radius 2 is 1.93 bits per heavy atom. The van der Waals surface area contributed by atoms with E-state index in [4.69, 9.17) is 9.47 Å². The zero-order chi connectivity index (χ0) is 19.4. The van der Waals surface area contributed by atoms with Gasteiger partial charge in [0.05, 0.1) is 11.0 Å². The van der Waals surface area contributed by atoms with Gasteiger partial charge in [-0.15, -0.1) is 0 Å². The Hall–Kier alpha value is -3.13. The summed E-state index contributed by atoms with van der Waals surface area (Å²) < 4.78 is 11.6. The van der Waals surface area contributed by atoms with Crippen LogP contribution in [0.2, 0.25) is 0 Å². The smallest absolute Gasteiger partial charge is 0.292 e. The summed E-state index contributed by atoms with van der Waals surface area (Å²) in [6, 6.07) is 13.0. The standard InChI is InChI=1S/C19H21N3O5/c1-13(19(23)20-15-7-3-4-8-16(15)22(24)25)21(2)11-14-12-26-17-9-5-6-10-18(17)27-14/h3-10,13-14H,11-12H2,1-2H3,(H,20,23)/t13-,14+/m0/s1. The van der Waals surface area contributed by atoms with Crippen LogP contribution in [0.4, 0.5) is 11.4 Å². The van der Waals surface area contributed by atoms with Crippen LogP contribution in [0, 0.1) is 10.1 Å². The molecule has 1 amide bonds. The Bertz CT molecular complexity index is 842. The van der Waals surface area contributed by atoms with Crippen molar-refractivity contribution in [1.82, 2.24) is 4.90 Å². The third kappa shape index (κ3) is 4.35. The highest BCUT2D eigenvalue weighted by molar-refractivity contribution is 5.96. The average Bonchev–Trinajstić information content (AvgIpc) is 2.67. The molecule has 0 radical (unpaired) electrons. The number of ether oxygens (including phenoxy) is 2. The second kappa shape index (κ2) is 8.05. The van der Waals surface area contributed by atoms with E-state index in [2.05, 4.69) is 5.32 Å². The lowest BCUT2D eigenvalue weighted by Crippen LogP contribution is -2.46. The van der Waals surface area contributed by atoms with Crippen LogP contribution in [0.25, 0.3) is 0 Å². The Balaban J connectivity index is 1.60. The van der Waals surface area contributed by atoms with Gasteiger partial charge in [0.1, 0.15) is 18.4 Å². The molecule has 2 aromatic carbocycles. The second-order valence-electron chi connectivity index (χ2n) is 6.38. The van der Waals surface area contributed by atoms with E-state index in [-0.39, 0.29) is 23.4 Å². The number of likely N-dealkylation sites (N-methyl/N-ethyl adjacent to an activating group) is 1. The lowest BCUT2D eigenvalue weighted by atomic mass is 10.2. The molecule has 0 saturated heterocycles. The number of para-hydroxylation sites is 4. The Morgan fingerprint density at radius 3 is 2.67 bits per heavy atom. The van der Waals surface area contributed by atoms with Crippen LogP contribution in [0.5, 0.6) is 11.5 Å². The molecule has 2 aromatic rings. The number of carbonyl (C=O) groups excluding carboxylic acids is 1. The maximum atomic E-state index is 12.5. The summed E-state index contributed by atoms with van der Waals surface area (Å²) in [6.45, 7) is 2.60. The van der Waals surface area contributed by atoms with Crippen LogP contribution in [0.15, 0.2) is 48.5 Å². The summed E-state index contributed by atoms with van der Waals surface area (Å²) in [7, 11) is 1.80. The molecule has 8 heteroatoms. The number of rotatable bonds is 6. The number of nitrogens with one attached hydrogen (secondary N) is 1. The molecular weight excluding hydrogens is 350 g/mol. The molecule has 3 rings (SSSR count). The molecule has 27 heavy (non-hydrogen) atoms. The number of hydrogen-bond donors (Lipinski definition) is 1. The summed E-state index contributed by atoms with van der Waals surface area (Å²) >= 11 is 0. The number of nitro groups is 1. The molecule has 0 spiro atoms. The second-order valence-corrected chi connectivity index (χ2v) is 6.38. The van der Waals surface area contributed by atoms with Crippen LogP contribution < -0.4 is 14.8 Å². The highest BCUT2D eigenvalue weighted by Crippen LogP contribution is 2.31. The molecule has 1 heterocycles. The molecule has 0 unspecified atom stereocenters. The van der Waals surface area contributed by atoms with E-state index in [1.54, 1.807) is 26.1 Å². The van der Waals surface area contributed by atoms with Crippen LogP contribution >= 0.6 is 0 Å². The van der Waals surface area contributed by atoms with Crippen molar-refractivity contribution in [1.29, 1.82) is 0 Å². The summed E-state index contributed by atoms with van der Waals surface area (Å²) in [5.74, 6) is 1.06. The van der Waals surface area contributed by atoms with E-state index >= 15 is 0 Å². The van der Waals surface area contributed by atoms with Crippen LogP contribution in [0.3, 0.4) is 0 Å². The van der Waals surface area contributed by atoms with E-state index in [1.807, 2.05) is 29.2 Å². The third-order valence-electron chi connectivity index (χ3n) is 4.46. The molecule has 0 fully saturated rings. The minimum atomic E-state index is -0.519. The predicted octanol–water partition coefficient (Wildman–Crippen LogP) is 2.69. The van der Waals surface area contributed by atoms with Crippen molar-refractivity contribution in [2.24, 2.45) is 0 Å². The van der Waals surface area contributed by atoms with Gasteiger partial charge in [0.15, 0.2) is 11.5 Å². The zero-order valence-corrected chi connectivity index (χ0v) is 15.1. The Kier molecular flexibility index (Phi) is 5.56. The van der Waals surface area contributed by atoms with Gasteiger partial charge in [-0.2, -0.15) is 0 Å². The first kappa shape index (κ1) is 18.7. The number of fused-ring (bicyclic) bond motifs is 1. The first-order valence-electron chi connectivity index (χ1n) is 8.58. The van der Waals surface area contributed by atoms with Gasteiger partial charge >= 0.3 is 0 Å². The highest BCUT2D eigenvalue weighted by atomic mass is 16.6. The molecule has 0 aromatic heterocycles. The van der Waals surface area contributed by atoms with Gasteiger partial charge in [0.2, 0.25) is 5.91 Å². The van der Waals surface area contributed by atoms with E-state index in [0.29, 0.717) is 24.7 Å². The summed E-state index contributed by atoms with van der Waals surface area (Å²) in [6.07, 6.45) is -0.216. The number of benzene rings is 2. The highest BCUT2D eigenvalue weighted by Gasteiger charge is 2.27. The van der Waals surface area contributed by atoms with Crippen molar-refractivity contribution >= 4 is 17.3 Å². The van der Waals surface area contributed by atoms with Crippen molar-refractivity contribution in [2.45, 2.75) is 19.1 Å². The van der Waals surface area contributed by atoms with Gasteiger partial charge in [-0.3, -0.25) is 19.8 Å². The fraction of sp³-hybridized carbons (Fsp3) is 0.316. The maximum absolute atomic E-state index is 12.5. The number of anilines is 1. The first-order chi connectivity index (χ1) is 13.0. The molecule has 2 atom stereocenters. The van der Waals surface area contributed by atoms with Crippen molar-refractivity contribution in [3.05, 3.63) is 58.6 Å². The van der Waals surface area contributed by atoms with Gasteiger partial charge in [-0.1, -0.05) is 24.3 Å². The molecule has 0 aliphatic carbocycles. The van der Waals surface area contributed by atoms with Gasteiger partial charge in [0.25, 0.3) is 5.69 Å². The van der Waals surface area contributed by atoms with Crippen LogP contribution in [0.1, 0.15) is 6.92 Å². The van der Waals surface area contributed by atoms with Gasteiger partial charge < -0.3 is 14.8 Å². The molecule has 1 N–H and O–H groups in total. The number of hydrogen-bond acceptors (Lipinski definition) is 6. The summed E-state index contributed by atoms with van der Waals surface area (Å²) in [5.41, 5.74) is 0.0419. The minimum absolute atomic E-state index is 0.138. The molecule has 142 valence electrons. The first-order valence-corrected chi connectivity index (χ1v) is 8.58. The Labute approximate surface area is 156 Å². The van der Waals surface area contributed by atoms with Crippen LogP contribution in [-0.4, -0.2) is 48.1 Å². The van der Waals surface area contributed by atoms with Gasteiger partial charge in [0, 0.05) is 12.6 Å². The SMILES string of the molecule is C[C@@H](C(=O)Nc1ccccc1[N+](=O)[O-])N(C)C[C@@H]1COc2ccccc2O1. The van der Waals surface area contributed by atoms with Crippen LogP contribution in [-0.2, 0) is 4.79 Å². The molecule has 0 bridgehead atoms. The predicted molar refractivity (Wildman–Crippen MR) is 100 cm³/mol. The molecular formula is C19H21N3O5. The quantitative estimate of drug-likeness (QED) is 0.620. The Morgan fingerprint density at radius 1 is 1.26 bits per heavy atom.